The summed E-state index contributed by atoms with van der Waals surface area (Å²) in [5.74, 6) is 0. The summed E-state index contributed by atoms with van der Waals surface area (Å²) in [5, 5.41) is 0.831. The Morgan fingerprint density at radius 2 is 1.84 bits per heavy atom. The first-order valence-electron chi connectivity index (χ1n) is 7.34. The van der Waals surface area contributed by atoms with Crippen LogP contribution in [0, 0.1) is 10.8 Å². The van der Waals surface area contributed by atoms with E-state index in [-0.39, 0.29) is 0 Å². The van der Waals surface area contributed by atoms with Crippen LogP contribution < -0.4 is 0 Å². The molecule has 2 atom stereocenters. The summed E-state index contributed by atoms with van der Waals surface area (Å²) in [4.78, 5) is 2.69. The van der Waals surface area contributed by atoms with E-state index in [1.54, 1.807) is 0 Å². The van der Waals surface area contributed by atoms with Crippen molar-refractivity contribution in [3.05, 3.63) is 34.9 Å². The van der Waals surface area contributed by atoms with Crippen molar-refractivity contribution in [2.24, 2.45) is 10.8 Å². The van der Waals surface area contributed by atoms with Gasteiger partial charge >= 0.3 is 0 Å². The number of hydrogen-bond donors (Lipinski definition) is 0. The molecular formula is C17H24ClN. The number of hydrogen-bond acceptors (Lipinski definition) is 1. The molecule has 1 heterocycles. The van der Waals surface area contributed by atoms with E-state index in [9.17, 15) is 0 Å². The third-order valence-electron chi connectivity index (χ3n) is 4.82. The molecule has 1 aliphatic carbocycles. The first kappa shape index (κ1) is 13.5. The highest BCUT2D eigenvalue weighted by Gasteiger charge is 2.49. The van der Waals surface area contributed by atoms with Gasteiger partial charge in [0.2, 0.25) is 0 Å². The first-order chi connectivity index (χ1) is 8.85. The van der Waals surface area contributed by atoms with Crippen LogP contribution in [0.3, 0.4) is 0 Å². The second-order valence-corrected chi connectivity index (χ2v) is 8.18. The Morgan fingerprint density at radius 3 is 2.53 bits per heavy atom. The van der Waals surface area contributed by atoms with Crippen LogP contribution in [0.25, 0.3) is 0 Å². The number of rotatable bonds is 2. The molecule has 1 nitrogen and oxygen atoms in total. The summed E-state index contributed by atoms with van der Waals surface area (Å²) in [5.41, 5.74) is 2.42. The molecule has 104 valence electrons. The van der Waals surface area contributed by atoms with Gasteiger partial charge in [-0.15, -0.1) is 0 Å². The molecule has 1 aromatic rings. The largest absolute Gasteiger partial charge is 0.296 e. The van der Waals surface area contributed by atoms with E-state index in [4.69, 9.17) is 11.6 Å². The van der Waals surface area contributed by atoms with E-state index in [1.165, 1.54) is 31.4 Å². The molecule has 0 radical (unpaired) electrons. The maximum atomic E-state index is 5.96. The standard InChI is InChI=1S/C17H24ClN/c1-16(2)8-15-9-17(3,11-16)12-19(15)10-13-4-6-14(18)7-5-13/h4-7,15H,8-12H2,1-3H3/t15-,17+/m0/s1. The van der Waals surface area contributed by atoms with Crippen LogP contribution in [-0.2, 0) is 6.54 Å². The van der Waals surface area contributed by atoms with Crippen LogP contribution in [-0.4, -0.2) is 17.5 Å². The maximum Gasteiger partial charge on any atom is 0.0406 e. The Kier molecular flexibility index (Phi) is 3.18. The molecule has 0 N–H and O–H groups in total. The Hall–Kier alpha value is -0.530. The lowest BCUT2D eigenvalue weighted by molar-refractivity contribution is 0.126. The molecule has 2 aliphatic rings. The van der Waals surface area contributed by atoms with E-state index >= 15 is 0 Å². The summed E-state index contributed by atoms with van der Waals surface area (Å²) in [6.45, 7) is 9.67. The molecule has 0 amide bonds. The summed E-state index contributed by atoms with van der Waals surface area (Å²) < 4.78 is 0. The Morgan fingerprint density at radius 1 is 1.16 bits per heavy atom. The van der Waals surface area contributed by atoms with E-state index in [0.717, 1.165) is 17.6 Å². The predicted octanol–water partition coefficient (Wildman–Crippen LogP) is 4.74. The predicted molar refractivity (Wildman–Crippen MR) is 81.4 cm³/mol. The number of nitrogens with zero attached hydrogens (tertiary/aromatic N) is 1. The third kappa shape index (κ3) is 2.83. The highest BCUT2D eigenvalue weighted by molar-refractivity contribution is 6.30. The summed E-state index contributed by atoms with van der Waals surface area (Å²) in [6.07, 6.45) is 4.09. The topological polar surface area (TPSA) is 3.24 Å². The van der Waals surface area contributed by atoms with Gasteiger partial charge in [0.1, 0.15) is 0 Å². The number of fused-ring (bicyclic) bond motifs is 2. The van der Waals surface area contributed by atoms with E-state index in [1.807, 2.05) is 12.1 Å². The van der Waals surface area contributed by atoms with Crippen LogP contribution in [0.5, 0.6) is 0 Å². The lowest BCUT2D eigenvalue weighted by atomic mass is 9.65. The molecule has 1 saturated heterocycles. The van der Waals surface area contributed by atoms with E-state index < -0.39 is 0 Å². The fourth-order valence-electron chi connectivity index (χ4n) is 4.59. The van der Waals surface area contributed by atoms with Gasteiger partial charge in [0.05, 0.1) is 0 Å². The van der Waals surface area contributed by atoms with Crippen LogP contribution in [0.4, 0.5) is 0 Å². The van der Waals surface area contributed by atoms with Crippen LogP contribution >= 0.6 is 11.6 Å². The van der Waals surface area contributed by atoms with Crippen molar-refractivity contribution >= 4 is 11.6 Å². The molecule has 2 bridgehead atoms. The van der Waals surface area contributed by atoms with Gasteiger partial charge in [-0.1, -0.05) is 44.5 Å². The Labute approximate surface area is 121 Å². The summed E-state index contributed by atoms with van der Waals surface area (Å²) in [7, 11) is 0. The van der Waals surface area contributed by atoms with Crippen LogP contribution in [0.2, 0.25) is 5.02 Å². The lowest BCUT2D eigenvalue weighted by Gasteiger charge is -2.40. The normalized spacial score (nSPS) is 33.6. The molecule has 2 heteroatoms. The van der Waals surface area contributed by atoms with Crippen molar-refractivity contribution in [1.29, 1.82) is 0 Å². The number of benzene rings is 1. The molecule has 1 aromatic carbocycles. The maximum absolute atomic E-state index is 5.96. The summed E-state index contributed by atoms with van der Waals surface area (Å²) in [6, 6.07) is 9.11. The SMILES string of the molecule is CC1(C)C[C@H]2C[C@@](C)(CN2Cc2ccc(Cl)cc2)C1. The molecule has 0 aromatic heterocycles. The van der Waals surface area contributed by atoms with Gasteiger partial charge in [0, 0.05) is 24.2 Å². The second-order valence-electron chi connectivity index (χ2n) is 7.75. The van der Waals surface area contributed by atoms with Crippen molar-refractivity contribution in [1.82, 2.24) is 4.90 Å². The smallest absolute Gasteiger partial charge is 0.0406 e. The van der Waals surface area contributed by atoms with Gasteiger partial charge in [-0.3, -0.25) is 4.90 Å². The van der Waals surface area contributed by atoms with Gasteiger partial charge in [-0.25, -0.2) is 0 Å². The number of likely N-dealkylation sites (tertiary alicyclic amines) is 1. The zero-order valence-electron chi connectivity index (χ0n) is 12.2. The molecule has 0 unspecified atom stereocenters. The average molecular weight is 278 g/mol. The minimum atomic E-state index is 0.506. The lowest BCUT2D eigenvalue weighted by Crippen LogP contribution is -2.34. The third-order valence-corrected chi connectivity index (χ3v) is 5.07. The van der Waals surface area contributed by atoms with Crippen molar-refractivity contribution < 1.29 is 0 Å². The fourth-order valence-corrected chi connectivity index (χ4v) is 4.71. The molecule has 2 fully saturated rings. The van der Waals surface area contributed by atoms with Crippen molar-refractivity contribution in [2.45, 2.75) is 52.6 Å². The van der Waals surface area contributed by atoms with Crippen LogP contribution in [0.15, 0.2) is 24.3 Å². The first-order valence-corrected chi connectivity index (χ1v) is 7.72. The Balaban J connectivity index is 1.75. The van der Waals surface area contributed by atoms with Crippen LogP contribution in [0.1, 0.15) is 45.6 Å². The highest BCUT2D eigenvalue weighted by Crippen LogP contribution is 2.52. The quantitative estimate of drug-likeness (QED) is 0.755. The Bertz CT molecular complexity index is 465. The van der Waals surface area contributed by atoms with Crippen molar-refractivity contribution in [3.63, 3.8) is 0 Å². The molecule has 19 heavy (non-hydrogen) atoms. The number of halogens is 1. The van der Waals surface area contributed by atoms with Crippen molar-refractivity contribution in [2.75, 3.05) is 6.54 Å². The summed E-state index contributed by atoms with van der Waals surface area (Å²) >= 11 is 5.96. The van der Waals surface area contributed by atoms with Crippen molar-refractivity contribution in [3.8, 4) is 0 Å². The van der Waals surface area contributed by atoms with Gasteiger partial charge in [-0.2, -0.15) is 0 Å². The zero-order valence-corrected chi connectivity index (χ0v) is 13.0. The van der Waals surface area contributed by atoms with Gasteiger partial charge in [0.25, 0.3) is 0 Å². The molecule has 0 spiro atoms. The minimum absolute atomic E-state index is 0.506. The molecular weight excluding hydrogens is 254 g/mol. The van der Waals surface area contributed by atoms with Gasteiger partial charge in [-0.05, 0) is 47.8 Å². The average Bonchev–Trinajstić information content (AvgIpc) is 2.51. The molecule has 3 rings (SSSR count). The van der Waals surface area contributed by atoms with Gasteiger partial charge < -0.3 is 0 Å². The minimum Gasteiger partial charge on any atom is -0.296 e. The van der Waals surface area contributed by atoms with E-state index in [0.29, 0.717) is 10.8 Å². The second kappa shape index (κ2) is 4.49. The highest BCUT2D eigenvalue weighted by atomic mass is 35.5. The van der Waals surface area contributed by atoms with Gasteiger partial charge in [0.15, 0.2) is 0 Å². The fraction of sp³-hybridized carbons (Fsp3) is 0.647. The molecule has 1 aliphatic heterocycles. The van der Waals surface area contributed by atoms with E-state index in [2.05, 4.69) is 37.8 Å². The zero-order chi connectivity index (χ0) is 13.7. The molecule has 1 saturated carbocycles. The monoisotopic (exact) mass is 277 g/mol.